The van der Waals surface area contributed by atoms with Crippen LogP contribution < -0.4 is 5.32 Å². The van der Waals surface area contributed by atoms with Crippen LogP contribution in [0, 0.1) is 25.5 Å². The number of nitrogens with zero attached hydrogens (tertiary/aromatic N) is 5. The largest absolute Gasteiger partial charge is 0.338 e. The topological polar surface area (TPSA) is 84.3 Å². The van der Waals surface area contributed by atoms with Crippen LogP contribution in [0.5, 0.6) is 0 Å². The molecule has 0 amide bonds. The van der Waals surface area contributed by atoms with E-state index in [9.17, 15) is 8.78 Å². The molecule has 4 rings (SSSR count). The Morgan fingerprint density at radius 3 is 2.60 bits per heavy atom. The number of nitrogens with one attached hydrogen (secondary N) is 2. The molecule has 0 spiro atoms. The van der Waals surface area contributed by atoms with Crippen LogP contribution in [-0.4, -0.2) is 29.7 Å². The Balaban J connectivity index is 1.84. The van der Waals surface area contributed by atoms with Gasteiger partial charge in [-0.3, -0.25) is 0 Å². The molecular weight excluding hydrogens is 328 g/mol. The maximum atomic E-state index is 13.5. The number of aryl methyl sites for hydroxylation is 2. The minimum atomic E-state index is -0.945. The lowest BCUT2D eigenvalue weighted by Gasteiger charge is -2.08. The monoisotopic (exact) mass is 341 g/mol. The first-order valence-electron chi connectivity index (χ1n) is 7.49. The van der Waals surface area contributed by atoms with E-state index in [2.05, 4.69) is 30.4 Å². The molecule has 0 bridgehead atoms. The molecule has 0 saturated heterocycles. The standard InChI is InChI=1S/C16H13F2N7/c1-8-5-6-25(24-8)16-22-14-13(19-9(2)20-14)15(23-16)21-10-3-4-11(17)12(18)7-10/h3-7H,1-2H3,(H2,19,20,21,22,23). The van der Waals surface area contributed by atoms with E-state index in [1.165, 1.54) is 10.7 Å². The number of fused-ring (bicyclic) bond motifs is 1. The molecule has 3 heterocycles. The third kappa shape index (κ3) is 2.80. The highest BCUT2D eigenvalue weighted by Gasteiger charge is 2.14. The van der Waals surface area contributed by atoms with Crippen LogP contribution in [0.2, 0.25) is 0 Å². The molecule has 25 heavy (non-hydrogen) atoms. The minimum Gasteiger partial charge on any atom is -0.338 e. The fourth-order valence-corrected chi connectivity index (χ4v) is 2.43. The number of halogens is 2. The van der Waals surface area contributed by atoms with Crippen LogP contribution in [0.1, 0.15) is 11.5 Å². The summed E-state index contributed by atoms with van der Waals surface area (Å²) in [6.45, 7) is 3.65. The first-order valence-corrected chi connectivity index (χ1v) is 7.49. The molecule has 7 nitrogen and oxygen atoms in total. The summed E-state index contributed by atoms with van der Waals surface area (Å²) in [6.07, 6.45) is 1.73. The molecule has 126 valence electrons. The van der Waals surface area contributed by atoms with Crippen molar-refractivity contribution < 1.29 is 8.78 Å². The Kier molecular flexibility index (Phi) is 3.41. The van der Waals surface area contributed by atoms with Gasteiger partial charge in [0.15, 0.2) is 23.1 Å². The average molecular weight is 341 g/mol. The number of aromatic nitrogens is 6. The van der Waals surface area contributed by atoms with E-state index in [4.69, 9.17) is 0 Å². The van der Waals surface area contributed by atoms with E-state index < -0.39 is 11.6 Å². The lowest BCUT2D eigenvalue weighted by molar-refractivity contribution is 0.509. The molecule has 4 aromatic rings. The van der Waals surface area contributed by atoms with Crippen LogP contribution in [-0.2, 0) is 0 Å². The van der Waals surface area contributed by atoms with E-state index in [0.717, 1.165) is 17.8 Å². The van der Waals surface area contributed by atoms with Crippen molar-refractivity contribution in [2.75, 3.05) is 5.32 Å². The van der Waals surface area contributed by atoms with Crippen LogP contribution in [0.25, 0.3) is 17.1 Å². The van der Waals surface area contributed by atoms with Gasteiger partial charge in [-0.1, -0.05) is 0 Å². The second kappa shape index (κ2) is 5.62. The summed E-state index contributed by atoms with van der Waals surface area (Å²) < 4.78 is 28.1. The summed E-state index contributed by atoms with van der Waals surface area (Å²) >= 11 is 0. The molecule has 2 N–H and O–H groups in total. The summed E-state index contributed by atoms with van der Waals surface area (Å²) in [5.74, 6) is -0.495. The fraction of sp³-hybridized carbons (Fsp3) is 0.125. The smallest absolute Gasteiger partial charge is 0.254 e. The molecule has 0 aliphatic carbocycles. The van der Waals surface area contributed by atoms with Crippen molar-refractivity contribution in [3.05, 3.63) is 53.6 Å². The van der Waals surface area contributed by atoms with E-state index in [0.29, 0.717) is 34.4 Å². The third-order valence-electron chi connectivity index (χ3n) is 3.57. The highest BCUT2D eigenvalue weighted by molar-refractivity contribution is 5.85. The average Bonchev–Trinajstić information content (AvgIpc) is 3.16. The van der Waals surface area contributed by atoms with Gasteiger partial charge in [0.2, 0.25) is 0 Å². The number of hydrogen-bond acceptors (Lipinski definition) is 5. The second-order valence-electron chi connectivity index (χ2n) is 5.55. The lowest BCUT2D eigenvalue weighted by atomic mass is 10.3. The molecule has 1 aromatic carbocycles. The van der Waals surface area contributed by atoms with Crippen molar-refractivity contribution in [1.29, 1.82) is 0 Å². The Morgan fingerprint density at radius 2 is 1.88 bits per heavy atom. The van der Waals surface area contributed by atoms with Crippen molar-refractivity contribution >= 4 is 22.7 Å². The zero-order chi connectivity index (χ0) is 17.6. The van der Waals surface area contributed by atoms with Gasteiger partial charge in [0, 0.05) is 18.0 Å². The highest BCUT2D eigenvalue weighted by atomic mass is 19.2. The van der Waals surface area contributed by atoms with Gasteiger partial charge in [-0.05, 0) is 32.0 Å². The molecule has 0 atom stereocenters. The number of imidazole rings is 1. The molecule has 0 fully saturated rings. The van der Waals surface area contributed by atoms with E-state index in [1.54, 1.807) is 13.1 Å². The SMILES string of the molecule is Cc1ccn(-c2nc(Nc3ccc(F)c(F)c3)c3[nH]c(C)nc3n2)n1. The Bertz CT molecular complexity index is 1080. The van der Waals surface area contributed by atoms with E-state index >= 15 is 0 Å². The molecular formula is C16H13F2N7. The molecule has 9 heteroatoms. The number of hydrogen-bond donors (Lipinski definition) is 2. The lowest BCUT2D eigenvalue weighted by Crippen LogP contribution is -2.06. The Labute approximate surface area is 140 Å². The second-order valence-corrected chi connectivity index (χ2v) is 5.55. The van der Waals surface area contributed by atoms with Gasteiger partial charge >= 0.3 is 0 Å². The van der Waals surface area contributed by atoms with Crippen molar-refractivity contribution in [3.63, 3.8) is 0 Å². The van der Waals surface area contributed by atoms with Gasteiger partial charge in [0.1, 0.15) is 11.3 Å². The van der Waals surface area contributed by atoms with Gasteiger partial charge in [0.05, 0.1) is 5.69 Å². The maximum absolute atomic E-state index is 13.5. The molecule has 3 aromatic heterocycles. The van der Waals surface area contributed by atoms with Gasteiger partial charge in [-0.25, -0.2) is 18.4 Å². The Hall–Kier alpha value is -3.36. The fourth-order valence-electron chi connectivity index (χ4n) is 2.43. The highest BCUT2D eigenvalue weighted by Crippen LogP contribution is 2.24. The van der Waals surface area contributed by atoms with Crippen LogP contribution in [0.3, 0.4) is 0 Å². The van der Waals surface area contributed by atoms with Crippen LogP contribution >= 0.6 is 0 Å². The number of rotatable bonds is 3. The predicted octanol–water partition coefficient (Wildman–Crippen LogP) is 3.18. The summed E-state index contributed by atoms with van der Waals surface area (Å²) in [6, 6.07) is 5.36. The van der Waals surface area contributed by atoms with Crippen molar-refractivity contribution in [1.82, 2.24) is 29.7 Å². The summed E-state index contributed by atoms with van der Waals surface area (Å²) in [5.41, 5.74) is 2.18. The number of H-pyrrole nitrogens is 1. The quantitative estimate of drug-likeness (QED) is 0.598. The van der Waals surface area contributed by atoms with Crippen LogP contribution in [0.15, 0.2) is 30.5 Å². The number of benzene rings is 1. The number of aromatic amines is 1. The van der Waals surface area contributed by atoms with Crippen molar-refractivity contribution in [2.24, 2.45) is 0 Å². The van der Waals surface area contributed by atoms with Gasteiger partial charge < -0.3 is 10.3 Å². The molecule has 0 radical (unpaired) electrons. The van der Waals surface area contributed by atoms with Crippen molar-refractivity contribution in [3.8, 4) is 5.95 Å². The first kappa shape index (κ1) is 15.2. The molecule has 0 unspecified atom stereocenters. The minimum absolute atomic E-state index is 0.317. The van der Waals surface area contributed by atoms with Gasteiger partial charge in [-0.2, -0.15) is 15.1 Å². The van der Waals surface area contributed by atoms with Gasteiger partial charge in [-0.15, -0.1) is 0 Å². The molecule has 0 saturated carbocycles. The summed E-state index contributed by atoms with van der Waals surface area (Å²) in [4.78, 5) is 16.2. The molecule has 0 aliphatic rings. The first-order chi connectivity index (χ1) is 12.0. The van der Waals surface area contributed by atoms with E-state index in [1.807, 2.05) is 13.0 Å². The van der Waals surface area contributed by atoms with Crippen LogP contribution in [0.4, 0.5) is 20.3 Å². The number of anilines is 2. The summed E-state index contributed by atoms with van der Waals surface area (Å²) in [7, 11) is 0. The van der Waals surface area contributed by atoms with Crippen molar-refractivity contribution in [2.45, 2.75) is 13.8 Å². The third-order valence-corrected chi connectivity index (χ3v) is 3.57. The Morgan fingerprint density at radius 1 is 1.04 bits per heavy atom. The molecule has 0 aliphatic heterocycles. The van der Waals surface area contributed by atoms with Gasteiger partial charge in [0.25, 0.3) is 5.95 Å². The summed E-state index contributed by atoms with van der Waals surface area (Å²) in [5, 5.41) is 7.26. The van der Waals surface area contributed by atoms with E-state index in [-0.39, 0.29) is 0 Å². The zero-order valence-electron chi connectivity index (χ0n) is 13.4. The normalized spacial score (nSPS) is 11.2. The maximum Gasteiger partial charge on any atom is 0.254 e. The predicted molar refractivity (Wildman–Crippen MR) is 87.9 cm³/mol. The zero-order valence-corrected chi connectivity index (χ0v) is 13.4.